The SMILES string of the molecule is Cc1nc(C)c([C@H](OC(C)(C)C)C(=O)O)c(N2CCC(C)(C)CC2)c1-c1ccc2c(c1)CCN(c1ccnc(N3CCC(F)(F)CC3)n1)C2. The lowest BCUT2D eigenvalue weighted by atomic mass is 9.81. The van der Waals surface area contributed by atoms with Crippen molar-refractivity contribution in [2.75, 3.05) is 47.4 Å². The summed E-state index contributed by atoms with van der Waals surface area (Å²) in [6.07, 6.45) is 2.97. The number of pyridine rings is 1. The van der Waals surface area contributed by atoms with E-state index in [0.717, 1.165) is 67.2 Å². The molecular formula is C38H50F2N6O3. The monoisotopic (exact) mass is 676 g/mol. The molecular weight excluding hydrogens is 626 g/mol. The summed E-state index contributed by atoms with van der Waals surface area (Å²) in [5.74, 6) is -2.36. The molecule has 3 aliphatic rings. The predicted octanol–water partition coefficient (Wildman–Crippen LogP) is 7.52. The van der Waals surface area contributed by atoms with E-state index >= 15 is 0 Å². The molecule has 3 aromatic rings. The molecule has 1 aromatic carbocycles. The van der Waals surface area contributed by atoms with Crippen LogP contribution in [0, 0.1) is 19.3 Å². The van der Waals surface area contributed by atoms with Crippen molar-refractivity contribution >= 4 is 23.4 Å². The van der Waals surface area contributed by atoms with Gasteiger partial charge < -0.3 is 24.5 Å². The summed E-state index contributed by atoms with van der Waals surface area (Å²) >= 11 is 0. The summed E-state index contributed by atoms with van der Waals surface area (Å²) in [6, 6.07) is 8.42. The number of piperidine rings is 2. The van der Waals surface area contributed by atoms with Crippen molar-refractivity contribution in [3.8, 4) is 11.1 Å². The first kappa shape index (κ1) is 35.0. The molecule has 0 aliphatic carbocycles. The van der Waals surface area contributed by atoms with E-state index in [4.69, 9.17) is 14.7 Å². The number of hydrogen-bond donors (Lipinski definition) is 1. The largest absolute Gasteiger partial charge is 0.479 e. The number of aryl methyl sites for hydroxylation is 2. The minimum Gasteiger partial charge on any atom is -0.479 e. The topological polar surface area (TPSA) is 94.9 Å². The number of aliphatic carboxylic acids is 1. The van der Waals surface area contributed by atoms with Gasteiger partial charge in [-0.1, -0.05) is 32.0 Å². The van der Waals surface area contributed by atoms with Gasteiger partial charge in [-0.15, -0.1) is 0 Å². The van der Waals surface area contributed by atoms with Gasteiger partial charge in [0, 0.05) is 80.8 Å². The number of benzene rings is 1. The molecule has 0 spiro atoms. The number of alkyl halides is 2. The van der Waals surface area contributed by atoms with E-state index in [9.17, 15) is 18.7 Å². The van der Waals surface area contributed by atoms with Crippen LogP contribution in [0.3, 0.4) is 0 Å². The summed E-state index contributed by atoms with van der Waals surface area (Å²) in [5, 5.41) is 10.5. The zero-order chi connectivity index (χ0) is 35.3. The maximum absolute atomic E-state index is 13.8. The van der Waals surface area contributed by atoms with Gasteiger partial charge in [-0.3, -0.25) is 4.98 Å². The highest BCUT2D eigenvalue weighted by atomic mass is 19.3. The van der Waals surface area contributed by atoms with Crippen LogP contribution in [0.5, 0.6) is 0 Å². The first-order valence-corrected chi connectivity index (χ1v) is 17.5. The molecule has 3 aliphatic heterocycles. The molecule has 2 fully saturated rings. The Labute approximate surface area is 288 Å². The Morgan fingerprint density at radius 2 is 1.57 bits per heavy atom. The maximum Gasteiger partial charge on any atom is 0.337 e. The molecule has 0 radical (unpaired) electrons. The van der Waals surface area contributed by atoms with Crippen LogP contribution in [0.4, 0.5) is 26.2 Å². The van der Waals surface area contributed by atoms with Crippen LogP contribution in [0.1, 0.15) is 94.5 Å². The molecule has 0 unspecified atom stereocenters. The van der Waals surface area contributed by atoms with Gasteiger partial charge in [0.15, 0.2) is 6.10 Å². The Hall–Kier alpha value is -3.86. The van der Waals surface area contributed by atoms with Gasteiger partial charge in [0.2, 0.25) is 5.95 Å². The summed E-state index contributed by atoms with van der Waals surface area (Å²) < 4.78 is 33.8. The molecule has 49 heavy (non-hydrogen) atoms. The number of carboxylic acids is 1. The minimum absolute atomic E-state index is 0.185. The molecule has 0 saturated carbocycles. The van der Waals surface area contributed by atoms with E-state index in [1.165, 1.54) is 11.1 Å². The summed E-state index contributed by atoms with van der Waals surface area (Å²) in [7, 11) is 0. The van der Waals surface area contributed by atoms with Gasteiger partial charge in [0.1, 0.15) is 5.82 Å². The van der Waals surface area contributed by atoms with Gasteiger partial charge >= 0.3 is 5.97 Å². The number of anilines is 3. The van der Waals surface area contributed by atoms with E-state index in [1.807, 2.05) is 45.6 Å². The molecule has 11 heteroatoms. The summed E-state index contributed by atoms with van der Waals surface area (Å²) in [4.78, 5) is 33.4. The van der Waals surface area contributed by atoms with E-state index in [0.29, 0.717) is 23.8 Å². The third-order valence-corrected chi connectivity index (χ3v) is 10.2. The Kier molecular flexibility index (Phi) is 9.36. The fourth-order valence-electron chi connectivity index (χ4n) is 7.36. The third-order valence-electron chi connectivity index (χ3n) is 10.2. The number of hydrogen-bond acceptors (Lipinski definition) is 8. The van der Waals surface area contributed by atoms with Crippen molar-refractivity contribution in [1.29, 1.82) is 0 Å². The van der Waals surface area contributed by atoms with Crippen molar-refractivity contribution in [1.82, 2.24) is 15.0 Å². The molecule has 5 heterocycles. The second kappa shape index (κ2) is 13.1. The lowest BCUT2D eigenvalue weighted by Crippen LogP contribution is -2.40. The van der Waals surface area contributed by atoms with E-state index in [-0.39, 0.29) is 31.3 Å². The molecule has 0 amide bonds. The Morgan fingerprint density at radius 3 is 2.22 bits per heavy atom. The maximum atomic E-state index is 13.8. The van der Waals surface area contributed by atoms with E-state index < -0.39 is 23.6 Å². The van der Waals surface area contributed by atoms with Crippen molar-refractivity contribution in [2.24, 2.45) is 5.41 Å². The average Bonchev–Trinajstić information content (AvgIpc) is 3.03. The summed E-state index contributed by atoms with van der Waals surface area (Å²) in [6.45, 7) is 17.7. The lowest BCUT2D eigenvalue weighted by molar-refractivity contribution is -0.160. The zero-order valence-corrected chi connectivity index (χ0v) is 29.9. The highest BCUT2D eigenvalue weighted by Crippen LogP contribution is 2.45. The van der Waals surface area contributed by atoms with Gasteiger partial charge in [-0.2, -0.15) is 4.98 Å². The first-order valence-electron chi connectivity index (χ1n) is 17.5. The van der Waals surface area contributed by atoms with Crippen LogP contribution in [0.25, 0.3) is 11.1 Å². The fraction of sp³-hybridized carbons (Fsp3) is 0.579. The standard InChI is InChI=1S/C38H50F2N6O3/c1-24-30(32(44-18-12-37(6,7)13-19-44)31(25(2)42-24)33(34(47)48)49-36(3,4)5)27-8-9-28-23-46(17-11-26(28)22-27)29-10-16-41-35(43-29)45-20-14-38(39,40)15-21-45/h8-10,16,22,33H,11-15,17-21,23H2,1-7H3,(H,47,48)/t33-/m0/s1. The predicted molar refractivity (Wildman–Crippen MR) is 189 cm³/mol. The number of carboxylic acid groups (broad SMARTS) is 1. The lowest BCUT2D eigenvalue weighted by Gasteiger charge is -2.41. The number of halogens is 2. The van der Waals surface area contributed by atoms with E-state index in [2.05, 4.69) is 46.8 Å². The number of rotatable bonds is 7. The van der Waals surface area contributed by atoms with Gasteiger partial charge in [0.25, 0.3) is 5.92 Å². The smallest absolute Gasteiger partial charge is 0.337 e. The minimum atomic E-state index is -2.62. The number of nitrogens with zero attached hydrogens (tertiary/aromatic N) is 6. The molecule has 1 N–H and O–H groups in total. The Morgan fingerprint density at radius 1 is 0.898 bits per heavy atom. The highest BCUT2D eigenvalue weighted by Gasteiger charge is 2.37. The second-order valence-corrected chi connectivity index (χ2v) is 15.7. The highest BCUT2D eigenvalue weighted by molar-refractivity contribution is 5.88. The second-order valence-electron chi connectivity index (χ2n) is 15.7. The Balaban J connectivity index is 1.35. The van der Waals surface area contributed by atoms with Crippen LogP contribution in [0.2, 0.25) is 0 Å². The average molecular weight is 677 g/mol. The molecule has 9 nitrogen and oxygen atoms in total. The molecule has 1 atom stereocenters. The van der Waals surface area contributed by atoms with Crippen LogP contribution >= 0.6 is 0 Å². The molecule has 2 aromatic heterocycles. The van der Waals surface area contributed by atoms with Crippen molar-refractivity contribution in [3.63, 3.8) is 0 Å². The Bertz CT molecular complexity index is 1700. The molecule has 6 rings (SSSR count). The van der Waals surface area contributed by atoms with Crippen molar-refractivity contribution < 1.29 is 23.4 Å². The van der Waals surface area contributed by atoms with Gasteiger partial charge in [0.05, 0.1) is 11.3 Å². The van der Waals surface area contributed by atoms with E-state index in [1.54, 1.807) is 6.20 Å². The van der Waals surface area contributed by atoms with Crippen LogP contribution in [-0.4, -0.2) is 70.3 Å². The van der Waals surface area contributed by atoms with Crippen LogP contribution in [0.15, 0.2) is 30.5 Å². The van der Waals surface area contributed by atoms with Crippen LogP contribution < -0.4 is 14.7 Å². The number of aromatic nitrogens is 3. The van der Waals surface area contributed by atoms with Crippen molar-refractivity contribution in [2.45, 2.75) is 105 Å². The zero-order valence-electron chi connectivity index (χ0n) is 29.9. The molecule has 264 valence electrons. The molecule has 2 saturated heterocycles. The number of fused-ring (bicyclic) bond motifs is 1. The molecule has 0 bridgehead atoms. The quantitative estimate of drug-likeness (QED) is 0.273. The first-order chi connectivity index (χ1) is 23.0. The summed E-state index contributed by atoms with van der Waals surface area (Å²) in [5.41, 5.74) is 7.02. The normalized spacial score (nSPS) is 19.8. The number of carbonyl (C=O) groups is 1. The number of ether oxygens (including phenoxy) is 1. The fourth-order valence-corrected chi connectivity index (χ4v) is 7.36. The van der Waals surface area contributed by atoms with Crippen molar-refractivity contribution in [3.05, 3.63) is 58.5 Å². The van der Waals surface area contributed by atoms with Gasteiger partial charge in [-0.25, -0.2) is 18.6 Å². The van der Waals surface area contributed by atoms with Crippen LogP contribution in [-0.2, 0) is 22.5 Å². The van der Waals surface area contributed by atoms with Gasteiger partial charge in [-0.05, 0) is 82.1 Å². The third kappa shape index (κ3) is 7.66.